The maximum Gasteiger partial charge on any atom is 0.190 e. The van der Waals surface area contributed by atoms with Gasteiger partial charge in [-0.1, -0.05) is 19.4 Å². The standard InChI is InChI=1S/C22H30O5/c1-12-14-5-4-13-15-6-9-22(27,18(26)11-23)21(15,3)10-17(25)19(13)20(14,2)8-7-16(12)24/h13,15,19,23,27H,4-11H2,1-3H3/t13-,15-,19+,20-,21-,22-/m0/s1. The third-order valence-electron chi connectivity index (χ3n) is 8.86. The van der Waals surface area contributed by atoms with E-state index in [1.165, 1.54) is 0 Å². The molecule has 0 bridgehead atoms. The van der Waals surface area contributed by atoms with Crippen LogP contribution in [-0.2, 0) is 14.4 Å². The minimum Gasteiger partial charge on any atom is -0.388 e. The van der Waals surface area contributed by atoms with Gasteiger partial charge in [0.15, 0.2) is 11.6 Å². The minimum absolute atomic E-state index is 0.0945. The molecule has 0 unspecified atom stereocenters. The van der Waals surface area contributed by atoms with Crippen LogP contribution in [-0.4, -0.2) is 39.8 Å². The lowest BCUT2D eigenvalue weighted by molar-refractivity contribution is -0.170. The fraction of sp³-hybridized carbons (Fsp3) is 0.773. The van der Waals surface area contributed by atoms with Crippen molar-refractivity contribution in [3.8, 4) is 0 Å². The number of Topliss-reactive ketones (excluding diaryl/α,β-unsaturated/α-hetero) is 3. The molecule has 5 nitrogen and oxygen atoms in total. The van der Waals surface area contributed by atoms with Gasteiger partial charge in [-0.15, -0.1) is 0 Å². The van der Waals surface area contributed by atoms with Crippen LogP contribution in [0.4, 0.5) is 0 Å². The first-order valence-corrected chi connectivity index (χ1v) is 10.2. The van der Waals surface area contributed by atoms with E-state index in [2.05, 4.69) is 6.92 Å². The quantitative estimate of drug-likeness (QED) is 0.774. The fourth-order valence-electron chi connectivity index (χ4n) is 7.40. The van der Waals surface area contributed by atoms with Gasteiger partial charge < -0.3 is 10.2 Å². The van der Waals surface area contributed by atoms with E-state index in [4.69, 9.17) is 0 Å². The Balaban J connectivity index is 1.77. The second-order valence-corrected chi connectivity index (χ2v) is 9.77. The van der Waals surface area contributed by atoms with Gasteiger partial charge >= 0.3 is 0 Å². The molecule has 0 aromatic rings. The van der Waals surface area contributed by atoms with E-state index in [0.29, 0.717) is 25.7 Å². The van der Waals surface area contributed by atoms with E-state index < -0.39 is 23.4 Å². The molecule has 3 saturated carbocycles. The zero-order valence-corrected chi connectivity index (χ0v) is 16.5. The van der Waals surface area contributed by atoms with Gasteiger partial charge in [0, 0.05) is 24.2 Å². The maximum atomic E-state index is 13.4. The van der Waals surface area contributed by atoms with Crippen molar-refractivity contribution in [1.29, 1.82) is 0 Å². The van der Waals surface area contributed by atoms with Crippen LogP contribution in [0.5, 0.6) is 0 Å². The number of fused-ring (bicyclic) bond motifs is 5. The first-order valence-electron chi connectivity index (χ1n) is 10.2. The van der Waals surface area contributed by atoms with Crippen molar-refractivity contribution in [1.82, 2.24) is 0 Å². The van der Waals surface area contributed by atoms with Gasteiger partial charge in [0.2, 0.25) is 0 Å². The minimum atomic E-state index is -1.61. The third kappa shape index (κ3) is 2.21. The van der Waals surface area contributed by atoms with Crippen LogP contribution in [0.2, 0.25) is 0 Å². The van der Waals surface area contributed by atoms with Gasteiger partial charge in [0.25, 0.3) is 0 Å². The largest absolute Gasteiger partial charge is 0.388 e. The topological polar surface area (TPSA) is 91.7 Å². The molecule has 0 heterocycles. The molecule has 27 heavy (non-hydrogen) atoms. The Morgan fingerprint density at radius 1 is 1.15 bits per heavy atom. The van der Waals surface area contributed by atoms with E-state index in [9.17, 15) is 24.6 Å². The van der Waals surface area contributed by atoms with E-state index in [1.54, 1.807) is 0 Å². The Morgan fingerprint density at radius 2 is 1.85 bits per heavy atom. The SMILES string of the molecule is CC1=C2CC[C@@H]3[C@H](C(=O)C[C@@]4(C)[C@H]3CC[C@]4(O)C(=O)CO)[C@@]2(C)CCC1=O. The lowest BCUT2D eigenvalue weighted by Gasteiger charge is -2.58. The van der Waals surface area contributed by atoms with Crippen molar-refractivity contribution >= 4 is 17.3 Å². The number of ketones is 3. The van der Waals surface area contributed by atoms with Crippen LogP contribution in [0.25, 0.3) is 0 Å². The average molecular weight is 374 g/mol. The molecule has 0 aliphatic heterocycles. The highest BCUT2D eigenvalue weighted by atomic mass is 16.3. The van der Waals surface area contributed by atoms with Crippen molar-refractivity contribution in [2.24, 2.45) is 28.6 Å². The Hall–Kier alpha value is -1.33. The van der Waals surface area contributed by atoms with Crippen molar-refractivity contribution in [3.63, 3.8) is 0 Å². The molecule has 148 valence electrons. The zero-order valence-electron chi connectivity index (χ0n) is 16.5. The van der Waals surface area contributed by atoms with Crippen LogP contribution in [0, 0.1) is 28.6 Å². The first kappa shape index (κ1) is 19.0. The molecular formula is C22H30O5. The summed E-state index contributed by atoms with van der Waals surface area (Å²) in [5.41, 5.74) is -0.676. The van der Waals surface area contributed by atoms with E-state index >= 15 is 0 Å². The normalized spacial score (nSPS) is 46.8. The van der Waals surface area contributed by atoms with Gasteiger partial charge in [0.1, 0.15) is 18.0 Å². The molecule has 0 spiro atoms. The van der Waals surface area contributed by atoms with E-state index in [1.807, 2.05) is 13.8 Å². The molecule has 3 fully saturated rings. The summed E-state index contributed by atoms with van der Waals surface area (Å²) in [4.78, 5) is 38.0. The molecule has 6 atom stereocenters. The summed E-state index contributed by atoms with van der Waals surface area (Å²) in [5, 5.41) is 20.6. The number of carbonyl (C=O) groups is 3. The van der Waals surface area contributed by atoms with Crippen molar-refractivity contribution < 1.29 is 24.6 Å². The second kappa shape index (κ2) is 5.84. The van der Waals surface area contributed by atoms with Gasteiger partial charge in [-0.2, -0.15) is 0 Å². The lowest BCUT2D eigenvalue weighted by Crippen LogP contribution is -2.61. The number of aliphatic hydroxyl groups excluding tert-OH is 1. The van der Waals surface area contributed by atoms with E-state index in [-0.39, 0.29) is 41.2 Å². The Kier molecular flexibility index (Phi) is 4.11. The van der Waals surface area contributed by atoms with Gasteiger partial charge in [-0.3, -0.25) is 14.4 Å². The van der Waals surface area contributed by atoms with Crippen LogP contribution in [0.3, 0.4) is 0 Å². The van der Waals surface area contributed by atoms with Crippen LogP contribution in [0.1, 0.15) is 65.7 Å². The molecule has 0 radical (unpaired) electrons. The molecule has 0 aromatic carbocycles. The highest BCUT2D eigenvalue weighted by Gasteiger charge is 2.68. The summed E-state index contributed by atoms with van der Waals surface area (Å²) in [6.07, 6.45) is 4.07. The lowest BCUT2D eigenvalue weighted by atomic mass is 9.45. The number of allylic oxidation sites excluding steroid dienone is 1. The van der Waals surface area contributed by atoms with E-state index in [0.717, 1.165) is 24.0 Å². The van der Waals surface area contributed by atoms with Gasteiger partial charge in [-0.05, 0) is 61.9 Å². The summed E-state index contributed by atoms with van der Waals surface area (Å²) in [6.45, 7) is 5.24. The van der Waals surface area contributed by atoms with Gasteiger partial charge in [0.05, 0.1) is 0 Å². The molecule has 5 heteroatoms. The van der Waals surface area contributed by atoms with Crippen molar-refractivity contribution in [2.45, 2.75) is 71.3 Å². The molecule has 0 saturated heterocycles. The monoisotopic (exact) mass is 374 g/mol. The molecule has 4 aliphatic carbocycles. The second-order valence-electron chi connectivity index (χ2n) is 9.77. The summed E-state index contributed by atoms with van der Waals surface area (Å²) < 4.78 is 0. The summed E-state index contributed by atoms with van der Waals surface area (Å²) in [6, 6.07) is 0. The Bertz CT molecular complexity index is 767. The molecule has 0 aromatic heterocycles. The molecule has 4 rings (SSSR count). The van der Waals surface area contributed by atoms with Gasteiger partial charge in [-0.25, -0.2) is 0 Å². The van der Waals surface area contributed by atoms with Crippen LogP contribution in [0.15, 0.2) is 11.1 Å². The van der Waals surface area contributed by atoms with Crippen molar-refractivity contribution in [2.75, 3.05) is 6.61 Å². The average Bonchev–Trinajstić information content (AvgIpc) is 2.89. The van der Waals surface area contributed by atoms with Crippen LogP contribution < -0.4 is 0 Å². The molecule has 2 N–H and O–H groups in total. The first-order chi connectivity index (χ1) is 12.6. The summed E-state index contributed by atoms with van der Waals surface area (Å²) in [7, 11) is 0. The molecule has 0 amide bonds. The Morgan fingerprint density at radius 3 is 2.52 bits per heavy atom. The zero-order chi connectivity index (χ0) is 19.8. The number of rotatable bonds is 2. The predicted molar refractivity (Wildman–Crippen MR) is 98.8 cm³/mol. The molecule has 4 aliphatic rings. The number of hydrogen-bond donors (Lipinski definition) is 2. The highest BCUT2D eigenvalue weighted by molar-refractivity contribution is 5.98. The molecular weight excluding hydrogens is 344 g/mol. The fourth-order valence-corrected chi connectivity index (χ4v) is 7.40. The Labute approximate surface area is 160 Å². The predicted octanol–water partition coefficient (Wildman–Crippen LogP) is 2.38. The maximum absolute atomic E-state index is 13.4. The number of carbonyl (C=O) groups excluding carboxylic acids is 3. The number of aliphatic hydroxyl groups is 2. The van der Waals surface area contributed by atoms with Crippen molar-refractivity contribution in [3.05, 3.63) is 11.1 Å². The summed E-state index contributed by atoms with van der Waals surface area (Å²) in [5.74, 6) is -0.137. The highest BCUT2D eigenvalue weighted by Crippen LogP contribution is 2.67. The smallest absolute Gasteiger partial charge is 0.190 e. The number of hydrogen-bond acceptors (Lipinski definition) is 5. The third-order valence-corrected chi connectivity index (χ3v) is 8.86. The summed E-state index contributed by atoms with van der Waals surface area (Å²) >= 11 is 0. The van der Waals surface area contributed by atoms with Crippen LogP contribution >= 0.6 is 0 Å².